The summed E-state index contributed by atoms with van der Waals surface area (Å²) in [6.45, 7) is 2.08. The van der Waals surface area contributed by atoms with Gasteiger partial charge in [-0.2, -0.15) is 0 Å². The molecule has 1 atom stereocenters. The minimum absolute atomic E-state index is 0.250. The summed E-state index contributed by atoms with van der Waals surface area (Å²) in [5.41, 5.74) is 6.93. The number of ether oxygens (including phenoxy) is 1. The SMILES string of the molecule is C[C@@]1(c2cc(-c3cc(Cl)cc(Cl)c3)ccc2F)COCC(N)=N1.O=CO. The van der Waals surface area contributed by atoms with Crippen molar-refractivity contribution in [2.45, 2.75) is 12.5 Å². The third-order valence-corrected chi connectivity index (χ3v) is 4.20. The lowest BCUT2D eigenvalue weighted by molar-refractivity contribution is -0.122. The summed E-state index contributed by atoms with van der Waals surface area (Å²) in [7, 11) is 0. The lowest BCUT2D eigenvalue weighted by Gasteiger charge is -2.30. The van der Waals surface area contributed by atoms with Gasteiger partial charge in [-0.15, -0.1) is 0 Å². The van der Waals surface area contributed by atoms with E-state index in [0.717, 1.165) is 11.1 Å². The van der Waals surface area contributed by atoms with Crippen LogP contribution in [0.15, 0.2) is 41.4 Å². The first kappa shape index (κ1) is 20.2. The summed E-state index contributed by atoms with van der Waals surface area (Å²) in [5.74, 6) is 0.000720. The summed E-state index contributed by atoms with van der Waals surface area (Å²) in [6, 6.07) is 10.0. The highest BCUT2D eigenvalue weighted by atomic mass is 35.5. The van der Waals surface area contributed by atoms with Gasteiger partial charge in [0.25, 0.3) is 6.47 Å². The van der Waals surface area contributed by atoms with Crippen molar-refractivity contribution in [3.05, 3.63) is 57.8 Å². The van der Waals surface area contributed by atoms with Crippen molar-refractivity contribution in [3.63, 3.8) is 0 Å². The molecule has 0 bridgehead atoms. The Bertz CT molecular complexity index is 825. The van der Waals surface area contributed by atoms with Crippen LogP contribution in [0, 0.1) is 5.82 Å². The van der Waals surface area contributed by atoms with Crippen LogP contribution < -0.4 is 5.73 Å². The van der Waals surface area contributed by atoms with Gasteiger partial charge in [0.05, 0.1) is 6.61 Å². The number of nitrogens with zero attached hydrogens (tertiary/aromatic N) is 1. The zero-order valence-corrected chi connectivity index (χ0v) is 15.4. The number of aliphatic imine (C=N–C) groups is 1. The predicted octanol–water partition coefficient (Wildman–Crippen LogP) is 4.10. The van der Waals surface area contributed by atoms with Gasteiger partial charge in [-0.3, -0.25) is 9.79 Å². The van der Waals surface area contributed by atoms with Crippen molar-refractivity contribution in [3.8, 4) is 11.1 Å². The molecule has 3 rings (SSSR count). The molecule has 5 nitrogen and oxygen atoms in total. The quantitative estimate of drug-likeness (QED) is 0.745. The van der Waals surface area contributed by atoms with E-state index >= 15 is 0 Å². The molecule has 0 aliphatic carbocycles. The highest BCUT2D eigenvalue weighted by Gasteiger charge is 2.32. The van der Waals surface area contributed by atoms with Gasteiger partial charge in [0.15, 0.2) is 0 Å². The molecular formula is C18H17Cl2FN2O3. The first-order valence-corrected chi connectivity index (χ1v) is 8.31. The van der Waals surface area contributed by atoms with Crippen molar-refractivity contribution in [1.29, 1.82) is 0 Å². The van der Waals surface area contributed by atoms with Gasteiger partial charge in [0.1, 0.15) is 23.8 Å². The fourth-order valence-electron chi connectivity index (χ4n) is 2.71. The maximum absolute atomic E-state index is 14.4. The van der Waals surface area contributed by atoms with E-state index in [1.54, 1.807) is 37.3 Å². The van der Waals surface area contributed by atoms with Gasteiger partial charge in [-0.25, -0.2) is 4.39 Å². The molecule has 0 unspecified atom stereocenters. The average Bonchev–Trinajstić information content (AvgIpc) is 2.54. The van der Waals surface area contributed by atoms with Crippen molar-refractivity contribution < 1.29 is 19.0 Å². The first-order chi connectivity index (χ1) is 12.3. The van der Waals surface area contributed by atoms with Gasteiger partial charge in [0.2, 0.25) is 0 Å². The molecule has 1 aliphatic rings. The summed E-state index contributed by atoms with van der Waals surface area (Å²) in [4.78, 5) is 12.8. The molecule has 0 aromatic heterocycles. The molecule has 1 heterocycles. The number of amidine groups is 1. The molecule has 2 aromatic carbocycles. The smallest absolute Gasteiger partial charge is 0.290 e. The zero-order valence-electron chi connectivity index (χ0n) is 13.9. The summed E-state index contributed by atoms with van der Waals surface area (Å²) in [6.07, 6.45) is 0. The van der Waals surface area contributed by atoms with E-state index in [1.165, 1.54) is 6.07 Å². The molecule has 3 N–H and O–H groups in total. The number of benzene rings is 2. The number of halogens is 3. The van der Waals surface area contributed by atoms with Gasteiger partial charge in [-0.05, 0) is 48.4 Å². The minimum Gasteiger partial charge on any atom is -0.483 e. The zero-order chi connectivity index (χ0) is 19.3. The highest BCUT2D eigenvalue weighted by Crippen LogP contribution is 2.34. The Hall–Kier alpha value is -2.15. The van der Waals surface area contributed by atoms with E-state index in [4.69, 9.17) is 43.6 Å². The Morgan fingerprint density at radius 2 is 1.85 bits per heavy atom. The van der Waals surface area contributed by atoms with E-state index < -0.39 is 5.54 Å². The average molecular weight is 399 g/mol. The first-order valence-electron chi connectivity index (χ1n) is 7.55. The Balaban J connectivity index is 0.000000758. The van der Waals surface area contributed by atoms with E-state index in [9.17, 15) is 4.39 Å². The topological polar surface area (TPSA) is 84.9 Å². The normalized spacial score (nSPS) is 19.2. The standard InChI is InChI=1S/C17H15Cl2FN2O.CH2O2/c1-17(9-23-8-16(21)22-17)14-6-10(2-3-15(14)20)11-4-12(18)7-13(19)5-11;2-1-3/h2-7H,8-9H2,1H3,(H2,21,22);1H,(H,2,3)/t17-;/m0./s1. The van der Waals surface area contributed by atoms with Crippen LogP contribution in [0.2, 0.25) is 10.0 Å². The highest BCUT2D eigenvalue weighted by molar-refractivity contribution is 6.35. The van der Waals surface area contributed by atoms with Crippen molar-refractivity contribution in [1.82, 2.24) is 0 Å². The van der Waals surface area contributed by atoms with E-state index in [-0.39, 0.29) is 25.5 Å². The third kappa shape index (κ3) is 4.72. The number of hydrogen-bond donors (Lipinski definition) is 2. The number of nitrogens with two attached hydrogens (primary N) is 1. The van der Waals surface area contributed by atoms with Gasteiger partial charge in [0, 0.05) is 15.6 Å². The maximum atomic E-state index is 14.4. The van der Waals surface area contributed by atoms with Crippen LogP contribution in [0.3, 0.4) is 0 Å². The molecule has 138 valence electrons. The summed E-state index contributed by atoms with van der Waals surface area (Å²) < 4.78 is 19.8. The maximum Gasteiger partial charge on any atom is 0.290 e. The number of carboxylic acid groups (broad SMARTS) is 1. The largest absolute Gasteiger partial charge is 0.483 e. The monoisotopic (exact) mass is 398 g/mol. The molecule has 26 heavy (non-hydrogen) atoms. The molecule has 8 heteroatoms. The molecule has 0 radical (unpaired) electrons. The second kappa shape index (κ2) is 8.49. The molecule has 0 spiro atoms. The van der Waals surface area contributed by atoms with Crippen LogP contribution in [-0.2, 0) is 15.1 Å². The molecule has 2 aromatic rings. The number of carbonyl (C=O) groups is 1. The number of rotatable bonds is 2. The molecule has 0 fully saturated rings. The number of hydrogen-bond acceptors (Lipinski definition) is 4. The van der Waals surface area contributed by atoms with Crippen LogP contribution in [0.1, 0.15) is 12.5 Å². The molecular weight excluding hydrogens is 382 g/mol. The Morgan fingerprint density at radius 1 is 1.23 bits per heavy atom. The fourth-order valence-corrected chi connectivity index (χ4v) is 3.24. The predicted molar refractivity (Wildman–Crippen MR) is 100 cm³/mol. The minimum atomic E-state index is -0.856. The fraction of sp³-hybridized carbons (Fsp3) is 0.222. The van der Waals surface area contributed by atoms with Crippen LogP contribution in [0.5, 0.6) is 0 Å². The molecule has 0 saturated carbocycles. The van der Waals surface area contributed by atoms with Crippen molar-refractivity contribution >= 4 is 35.5 Å². The van der Waals surface area contributed by atoms with Crippen molar-refractivity contribution in [2.24, 2.45) is 10.7 Å². The lowest BCUT2D eigenvalue weighted by atomic mass is 9.89. The van der Waals surface area contributed by atoms with E-state index in [2.05, 4.69) is 4.99 Å². The molecule has 0 amide bonds. The van der Waals surface area contributed by atoms with Gasteiger partial charge >= 0.3 is 0 Å². The van der Waals surface area contributed by atoms with Gasteiger partial charge < -0.3 is 15.6 Å². The Kier molecular flexibility index (Phi) is 6.58. The molecule has 0 saturated heterocycles. The lowest BCUT2D eigenvalue weighted by Crippen LogP contribution is -2.38. The van der Waals surface area contributed by atoms with E-state index in [1.807, 2.05) is 0 Å². The van der Waals surface area contributed by atoms with E-state index in [0.29, 0.717) is 21.4 Å². The van der Waals surface area contributed by atoms with Gasteiger partial charge in [-0.1, -0.05) is 29.3 Å². The van der Waals surface area contributed by atoms with Crippen molar-refractivity contribution in [2.75, 3.05) is 13.2 Å². The van der Waals surface area contributed by atoms with Crippen LogP contribution in [-0.4, -0.2) is 30.6 Å². The van der Waals surface area contributed by atoms with Crippen LogP contribution >= 0.6 is 23.2 Å². The second-order valence-electron chi connectivity index (χ2n) is 5.83. The Morgan fingerprint density at radius 3 is 2.42 bits per heavy atom. The summed E-state index contributed by atoms with van der Waals surface area (Å²) in [5, 5.41) is 7.93. The Labute approximate surface area is 160 Å². The van der Waals surface area contributed by atoms with Crippen LogP contribution in [0.4, 0.5) is 4.39 Å². The third-order valence-electron chi connectivity index (χ3n) is 3.77. The second-order valence-corrected chi connectivity index (χ2v) is 6.70. The van der Waals surface area contributed by atoms with Crippen LogP contribution in [0.25, 0.3) is 11.1 Å². The molecule has 1 aliphatic heterocycles. The summed E-state index contributed by atoms with van der Waals surface area (Å²) >= 11 is 12.1.